The summed E-state index contributed by atoms with van der Waals surface area (Å²) in [4.78, 5) is 24.7. The van der Waals surface area contributed by atoms with E-state index in [0.717, 1.165) is 37.7 Å². The monoisotopic (exact) mass is 548 g/mol. The zero-order valence-electron chi connectivity index (χ0n) is 18.0. The van der Waals surface area contributed by atoms with E-state index in [-0.39, 0.29) is 30.3 Å². The first-order chi connectivity index (χ1) is 15.4. The number of nitrogens with one attached hydrogen (secondary N) is 1. The van der Waals surface area contributed by atoms with Crippen molar-refractivity contribution in [1.29, 1.82) is 0 Å². The molecule has 0 saturated carbocycles. The molecule has 0 bridgehead atoms. The topological polar surface area (TPSA) is 60.3 Å². The van der Waals surface area contributed by atoms with Crippen LogP contribution < -0.4 is 5.32 Å². The molecule has 2 aromatic carbocycles. The van der Waals surface area contributed by atoms with Crippen LogP contribution in [-0.4, -0.2) is 29.1 Å². The molecule has 7 heteroatoms. The third kappa shape index (κ3) is 5.14. The lowest BCUT2D eigenvalue weighted by Crippen LogP contribution is -2.39. The number of aromatic nitrogens is 1. The lowest BCUT2D eigenvalue weighted by molar-refractivity contribution is -0.143. The van der Waals surface area contributed by atoms with Crippen LogP contribution in [0.1, 0.15) is 36.6 Å². The second kappa shape index (κ2) is 10.0. The Morgan fingerprint density at radius 2 is 2.09 bits per heavy atom. The van der Waals surface area contributed by atoms with Crippen LogP contribution in [0.25, 0.3) is 10.9 Å². The summed E-state index contributed by atoms with van der Waals surface area (Å²) in [5.41, 5.74) is 4.02. The molecule has 0 aliphatic heterocycles. The number of amides is 1. The number of halogens is 2. The number of fused-ring (bicyclic) bond motifs is 3. The molecule has 0 radical (unpaired) electrons. The van der Waals surface area contributed by atoms with Crippen molar-refractivity contribution in [3.05, 3.63) is 68.7 Å². The summed E-state index contributed by atoms with van der Waals surface area (Å²) in [5.74, 6) is -0.585. The minimum atomic E-state index is -0.308. The van der Waals surface area contributed by atoms with Crippen LogP contribution in [0.3, 0.4) is 0 Å². The molecule has 3 aromatic rings. The number of carbonyl (C=O) groups excluding carboxylic acids is 2. The fourth-order valence-corrected chi connectivity index (χ4v) is 5.12. The predicted octanol–water partition coefficient (Wildman–Crippen LogP) is 4.55. The van der Waals surface area contributed by atoms with Gasteiger partial charge in [-0.25, -0.2) is 4.39 Å². The number of ether oxygens (including phenoxy) is 1. The molecular formula is C25H26FIN2O3. The summed E-state index contributed by atoms with van der Waals surface area (Å²) in [6, 6.07) is 12.8. The van der Waals surface area contributed by atoms with E-state index in [1.165, 1.54) is 12.1 Å². The van der Waals surface area contributed by atoms with Crippen molar-refractivity contribution in [3.8, 4) is 0 Å². The Balaban J connectivity index is 1.49. The summed E-state index contributed by atoms with van der Waals surface area (Å²) < 4.78 is 22.3. The normalized spacial score (nSPS) is 15.4. The Kier molecular flexibility index (Phi) is 7.13. The fraction of sp³-hybridized carbons (Fsp3) is 0.360. The highest BCUT2D eigenvalue weighted by molar-refractivity contribution is 14.1. The number of hydrogen-bond donors (Lipinski definition) is 1. The molecule has 1 heterocycles. The van der Waals surface area contributed by atoms with Gasteiger partial charge in [0.15, 0.2) is 0 Å². The van der Waals surface area contributed by atoms with Crippen LogP contribution in [0.2, 0.25) is 0 Å². The van der Waals surface area contributed by atoms with Crippen LogP contribution >= 0.6 is 22.6 Å². The summed E-state index contributed by atoms with van der Waals surface area (Å²) in [7, 11) is 0. The SMILES string of the molecule is CCOC(=O)Cn1c2c(c3cc(F)ccc31)C[C@@H](NC(=O)CCc1cccc(I)c1)CC2. The Morgan fingerprint density at radius 1 is 1.25 bits per heavy atom. The van der Waals surface area contributed by atoms with Gasteiger partial charge in [0, 0.05) is 32.6 Å². The van der Waals surface area contributed by atoms with E-state index in [9.17, 15) is 14.0 Å². The maximum absolute atomic E-state index is 14.0. The van der Waals surface area contributed by atoms with Crippen molar-refractivity contribution < 1.29 is 18.7 Å². The average molecular weight is 548 g/mol. The van der Waals surface area contributed by atoms with Crippen LogP contribution in [-0.2, 0) is 40.1 Å². The average Bonchev–Trinajstić information content (AvgIpc) is 3.05. The Hall–Kier alpha value is -2.42. The lowest BCUT2D eigenvalue weighted by Gasteiger charge is -2.25. The van der Waals surface area contributed by atoms with Gasteiger partial charge in [0.1, 0.15) is 12.4 Å². The van der Waals surface area contributed by atoms with Crippen LogP contribution in [0.5, 0.6) is 0 Å². The summed E-state index contributed by atoms with van der Waals surface area (Å²) in [6.45, 7) is 2.21. The Morgan fingerprint density at radius 3 is 2.88 bits per heavy atom. The number of esters is 1. The van der Waals surface area contributed by atoms with Crippen LogP contribution in [0.15, 0.2) is 42.5 Å². The first kappa shape index (κ1) is 22.8. The van der Waals surface area contributed by atoms with Gasteiger partial charge < -0.3 is 14.6 Å². The second-order valence-electron chi connectivity index (χ2n) is 8.12. The van der Waals surface area contributed by atoms with Crippen LogP contribution in [0.4, 0.5) is 4.39 Å². The quantitative estimate of drug-likeness (QED) is 0.348. The molecule has 32 heavy (non-hydrogen) atoms. The molecule has 168 valence electrons. The van der Waals surface area contributed by atoms with E-state index >= 15 is 0 Å². The number of aryl methyl sites for hydroxylation is 1. The van der Waals surface area contributed by atoms with Crippen molar-refractivity contribution in [3.63, 3.8) is 0 Å². The maximum atomic E-state index is 14.0. The molecule has 1 aliphatic carbocycles. The molecule has 1 aromatic heterocycles. The summed E-state index contributed by atoms with van der Waals surface area (Å²) >= 11 is 2.27. The number of carbonyl (C=O) groups is 2. The van der Waals surface area contributed by atoms with Gasteiger partial charge in [-0.2, -0.15) is 0 Å². The van der Waals surface area contributed by atoms with Crippen molar-refractivity contribution in [2.75, 3.05) is 6.61 Å². The molecular weight excluding hydrogens is 522 g/mol. The lowest BCUT2D eigenvalue weighted by atomic mass is 9.91. The van der Waals surface area contributed by atoms with Gasteiger partial charge in [-0.3, -0.25) is 9.59 Å². The number of nitrogens with zero attached hydrogens (tertiary/aromatic N) is 1. The Bertz CT molecular complexity index is 1160. The van der Waals surface area contributed by atoms with Crippen molar-refractivity contribution in [2.45, 2.75) is 51.6 Å². The molecule has 0 saturated heterocycles. The van der Waals surface area contributed by atoms with Crippen molar-refractivity contribution in [2.24, 2.45) is 0 Å². The van der Waals surface area contributed by atoms with E-state index in [1.54, 1.807) is 13.0 Å². The van der Waals surface area contributed by atoms with Gasteiger partial charge >= 0.3 is 5.97 Å². The molecule has 4 rings (SSSR count). The highest BCUT2D eigenvalue weighted by Crippen LogP contribution is 2.33. The number of rotatable bonds is 7. The highest BCUT2D eigenvalue weighted by atomic mass is 127. The van der Waals surface area contributed by atoms with E-state index < -0.39 is 0 Å². The molecule has 5 nitrogen and oxygen atoms in total. The standard InChI is InChI=1S/C25H26FIN2O3/c1-2-32-25(31)15-29-22-9-7-17(26)13-20(22)21-14-19(8-10-23(21)29)28-24(30)11-6-16-4-3-5-18(27)12-16/h3-5,7,9,12-13,19H,2,6,8,10-11,14-15H2,1H3,(H,28,30)/t19-/m0/s1. The molecule has 1 aliphatic rings. The van der Waals surface area contributed by atoms with Crippen LogP contribution in [0, 0.1) is 9.39 Å². The van der Waals surface area contributed by atoms with Gasteiger partial charge in [-0.1, -0.05) is 12.1 Å². The first-order valence-corrected chi connectivity index (χ1v) is 12.0. The largest absolute Gasteiger partial charge is 0.465 e. The Labute approximate surface area is 200 Å². The van der Waals surface area contributed by atoms with Gasteiger partial charge in [-0.15, -0.1) is 0 Å². The minimum Gasteiger partial charge on any atom is -0.465 e. The van der Waals surface area contributed by atoms with Crippen molar-refractivity contribution >= 4 is 45.4 Å². The van der Waals surface area contributed by atoms with Gasteiger partial charge in [0.2, 0.25) is 5.91 Å². The second-order valence-corrected chi connectivity index (χ2v) is 9.36. The van der Waals surface area contributed by atoms with Gasteiger partial charge in [0.25, 0.3) is 0 Å². The third-order valence-electron chi connectivity index (χ3n) is 5.92. The maximum Gasteiger partial charge on any atom is 0.325 e. The van der Waals surface area contributed by atoms with Gasteiger partial charge in [0.05, 0.1) is 6.61 Å². The van der Waals surface area contributed by atoms with E-state index in [4.69, 9.17) is 4.74 Å². The zero-order valence-corrected chi connectivity index (χ0v) is 20.2. The smallest absolute Gasteiger partial charge is 0.325 e. The molecule has 1 atom stereocenters. The highest BCUT2D eigenvalue weighted by Gasteiger charge is 2.27. The van der Waals surface area contributed by atoms with E-state index in [1.807, 2.05) is 22.8 Å². The van der Waals surface area contributed by atoms with E-state index in [2.05, 4.69) is 34.0 Å². The zero-order chi connectivity index (χ0) is 22.7. The molecule has 0 fully saturated rings. The molecule has 1 N–H and O–H groups in total. The number of hydrogen-bond acceptors (Lipinski definition) is 3. The van der Waals surface area contributed by atoms with E-state index in [0.29, 0.717) is 32.3 Å². The predicted molar refractivity (Wildman–Crippen MR) is 130 cm³/mol. The summed E-state index contributed by atoms with van der Waals surface area (Å²) in [6.07, 6.45) is 3.25. The molecule has 1 amide bonds. The summed E-state index contributed by atoms with van der Waals surface area (Å²) in [5, 5.41) is 3.97. The first-order valence-electron chi connectivity index (χ1n) is 10.9. The number of benzene rings is 2. The minimum absolute atomic E-state index is 0.00387. The molecule has 0 unspecified atom stereocenters. The van der Waals surface area contributed by atoms with Gasteiger partial charge in [-0.05, 0) is 96.7 Å². The fourth-order valence-electron chi connectivity index (χ4n) is 4.51. The third-order valence-corrected chi connectivity index (χ3v) is 6.59. The molecule has 0 spiro atoms. The van der Waals surface area contributed by atoms with Crippen molar-refractivity contribution in [1.82, 2.24) is 9.88 Å².